The minimum absolute atomic E-state index is 0.0621. The Morgan fingerprint density at radius 2 is 2.37 bits per heavy atom. The highest BCUT2D eigenvalue weighted by Gasteiger charge is 2.33. The van der Waals surface area contributed by atoms with Crippen LogP contribution in [0.3, 0.4) is 0 Å². The highest BCUT2D eigenvalue weighted by molar-refractivity contribution is 7.22. The maximum atomic E-state index is 5.36. The van der Waals surface area contributed by atoms with E-state index >= 15 is 0 Å². The first-order valence-corrected chi connectivity index (χ1v) is 7.46. The van der Waals surface area contributed by atoms with E-state index in [1.807, 2.05) is 6.07 Å². The predicted octanol–water partition coefficient (Wildman–Crippen LogP) is 2.48. The van der Waals surface area contributed by atoms with Gasteiger partial charge in [-0.1, -0.05) is 23.5 Å². The van der Waals surface area contributed by atoms with Crippen LogP contribution in [0.2, 0.25) is 0 Å². The molecule has 0 spiro atoms. The van der Waals surface area contributed by atoms with Gasteiger partial charge in [-0.3, -0.25) is 0 Å². The van der Waals surface area contributed by atoms with Gasteiger partial charge in [0, 0.05) is 13.7 Å². The molecule has 2 heterocycles. The molecule has 1 fully saturated rings. The van der Waals surface area contributed by atoms with Crippen LogP contribution in [0.25, 0.3) is 10.2 Å². The number of hydrogen-bond donors (Lipinski definition) is 2. The number of anilines is 1. The van der Waals surface area contributed by atoms with Crippen molar-refractivity contribution >= 4 is 26.7 Å². The normalized spacial score (nSPS) is 23.0. The van der Waals surface area contributed by atoms with Gasteiger partial charge in [0.2, 0.25) is 0 Å². The van der Waals surface area contributed by atoms with E-state index < -0.39 is 0 Å². The Morgan fingerprint density at radius 1 is 1.47 bits per heavy atom. The molecule has 1 aliphatic heterocycles. The summed E-state index contributed by atoms with van der Waals surface area (Å²) in [4.78, 5) is 4.60. The summed E-state index contributed by atoms with van der Waals surface area (Å²) in [7, 11) is 1.76. The summed E-state index contributed by atoms with van der Waals surface area (Å²) in [5, 5.41) is 8.02. The molecule has 2 aromatic rings. The number of hydrogen-bond acceptors (Lipinski definition) is 5. The average molecular weight is 277 g/mol. The number of methoxy groups -OCH3 is 1. The molecule has 4 nitrogen and oxygen atoms in total. The third-order valence-electron chi connectivity index (χ3n) is 3.62. The van der Waals surface area contributed by atoms with Crippen LogP contribution in [0.5, 0.6) is 0 Å². The van der Waals surface area contributed by atoms with E-state index in [4.69, 9.17) is 4.74 Å². The number of fused-ring (bicyclic) bond motifs is 1. The van der Waals surface area contributed by atoms with Gasteiger partial charge in [0.1, 0.15) is 0 Å². The minimum Gasteiger partial charge on any atom is -0.383 e. The van der Waals surface area contributed by atoms with Crippen molar-refractivity contribution in [2.75, 3.05) is 32.1 Å². The molecule has 2 N–H and O–H groups in total. The molecule has 1 unspecified atom stereocenters. The van der Waals surface area contributed by atoms with Crippen molar-refractivity contribution in [3.05, 3.63) is 24.3 Å². The highest BCUT2D eigenvalue weighted by Crippen LogP contribution is 2.27. The number of nitrogens with zero attached hydrogens (tertiary/aromatic N) is 1. The molecule has 3 rings (SSSR count). The quantitative estimate of drug-likeness (QED) is 0.881. The third kappa shape index (κ3) is 2.73. The third-order valence-corrected chi connectivity index (χ3v) is 4.62. The Balaban J connectivity index is 1.70. The standard InChI is InChI=1S/C14H19N3OS/c1-18-10-14(7-4-8-16-14)9-15-13-17-11-5-2-3-6-12(11)19-13/h2-3,5-6,16H,4,7-10H2,1H3,(H,15,17). The lowest BCUT2D eigenvalue weighted by atomic mass is 9.99. The van der Waals surface area contributed by atoms with Crippen LogP contribution in [0.4, 0.5) is 5.13 Å². The molecule has 0 bridgehead atoms. The first kappa shape index (κ1) is 12.8. The molecule has 19 heavy (non-hydrogen) atoms. The molecule has 0 amide bonds. The maximum Gasteiger partial charge on any atom is 0.183 e. The smallest absolute Gasteiger partial charge is 0.183 e. The van der Waals surface area contributed by atoms with Crippen LogP contribution in [0.1, 0.15) is 12.8 Å². The van der Waals surface area contributed by atoms with Gasteiger partial charge in [-0.15, -0.1) is 0 Å². The van der Waals surface area contributed by atoms with Gasteiger partial charge in [0.15, 0.2) is 5.13 Å². The molecule has 0 radical (unpaired) electrons. The van der Waals surface area contributed by atoms with Gasteiger partial charge < -0.3 is 15.4 Å². The van der Waals surface area contributed by atoms with Crippen LogP contribution in [0, 0.1) is 0 Å². The van der Waals surface area contributed by atoms with Crippen LogP contribution < -0.4 is 10.6 Å². The Bertz CT molecular complexity index is 515. The summed E-state index contributed by atoms with van der Waals surface area (Å²) in [5.41, 5.74) is 1.13. The van der Waals surface area contributed by atoms with Gasteiger partial charge >= 0.3 is 0 Å². The zero-order valence-corrected chi connectivity index (χ0v) is 11.9. The van der Waals surface area contributed by atoms with Gasteiger partial charge in [-0.25, -0.2) is 4.98 Å². The van der Waals surface area contributed by atoms with Crippen molar-refractivity contribution in [1.82, 2.24) is 10.3 Å². The zero-order valence-electron chi connectivity index (χ0n) is 11.1. The average Bonchev–Trinajstić information content (AvgIpc) is 3.03. The molecule has 102 valence electrons. The zero-order chi connectivity index (χ0) is 13.1. The van der Waals surface area contributed by atoms with Crippen molar-refractivity contribution < 1.29 is 4.74 Å². The number of ether oxygens (including phenoxy) is 1. The Labute approximate surface area is 117 Å². The lowest BCUT2D eigenvalue weighted by Gasteiger charge is -2.28. The molecular formula is C14H19N3OS. The lowest BCUT2D eigenvalue weighted by Crippen LogP contribution is -2.49. The van der Waals surface area contributed by atoms with E-state index in [0.717, 1.165) is 36.8 Å². The predicted molar refractivity (Wildman–Crippen MR) is 80.0 cm³/mol. The number of thiazole rings is 1. The fourth-order valence-corrected chi connectivity index (χ4v) is 3.52. The fraction of sp³-hybridized carbons (Fsp3) is 0.500. The molecule has 0 saturated carbocycles. The summed E-state index contributed by atoms with van der Waals surface area (Å²) in [6.07, 6.45) is 2.36. The summed E-state index contributed by atoms with van der Waals surface area (Å²) in [5.74, 6) is 0. The van der Waals surface area contributed by atoms with E-state index in [1.54, 1.807) is 18.4 Å². The second kappa shape index (κ2) is 5.45. The number of benzene rings is 1. The van der Waals surface area contributed by atoms with Crippen LogP contribution in [-0.2, 0) is 4.74 Å². The van der Waals surface area contributed by atoms with Crippen molar-refractivity contribution in [1.29, 1.82) is 0 Å². The van der Waals surface area contributed by atoms with Crippen molar-refractivity contribution in [2.45, 2.75) is 18.4 Å². The molecule has 1 aliphatic rings. The molecular weight excluding hydrogens is 258 g/mol. The van der Waals surface area contributed by atoms with E-state index in [0.29, 0.717) is 0 Å². The van der Waals surface area contributed by atoms with Crippen LogP contribution >= 0.6 is 11.3 Å². The Kier molecular flexibility index (Phi) is 3.68. The van der Waals surface area contributed by atoms with Crippen LogP contribution in [0.15, 0.2) is 24.3 Å². The van der Waals surface area contributed by atoms with E-state index in [-0.39, 0.29) is 5.54 Å². The summed E-state index contributed by atoms with van der Waals surface area (Å²) in [6.45, 7) is 2.68. The number of para-hydroxylation sites is 1. The van der Waals surface area contributed by atoms with Gasteiger partial charge in [0.05, 0.1) is 22.4 Å². The lowest BCUT2D eigenvalue weighted by molar-refractivity contribution is 0.127. The summed E-state index contributed by atoms with van der Waals surface area (Å²) in [6, 6.07) is 8.23. The monoisotopic (exact) mass is 277 g/mol. The highest BCUT2D eigenvalue weighted by atomic mass is 32.1. The Hall–Kier alpha value is -1.17. The van der Waals surface area contributed by atoms with E-state index in [9.17, 15) is 0 Å². The van der Waals surface area contributed by atoms with Crippen molar-refractivity contribution in [2.24, 2.45) is 0 Å². The Morgan fingerprint density at radius 3 is 3.11 bits per heavy atom. The topological polar surface area (TPSA) is 46.2 Å². The second-order valence-electron chi connectivity index (χ2n) is 5.08. The number of nitrogens with one attached hydrogen (secondary N) is 2. The number of aromatic nitrogens is 1. The first-order chi connectivity index (χ1) is 9.31. The molecule has 1 aromatic heterocycles. The first-order valence-electron chi connectivity index (χ1n) is 6.65. The SMILES string of the molecule is COCC1(CNc2nc3ccccc3s2)CCCN1. The van der Waals surface area contributed by atoms with Crippen molar-refractivity contribution in [3.8, 4) is 0 Å². The molecule has 0 aliphatic carbocycles. The fourth-order valence-electron chi connectivity index (χ4n) is 2.66. The molecule has 1 aromatic carbocycles. The molecule has 1 saturated heterocycles. The molecule has 5 heteroatoms. The van der Waals surface area contributed by atoms with Gasteiger partial charge in [-0.05, 0) is 31.5 Å². The van der Waals surface area contributed by atoms with Crippen LogP contribution in [-0.4, -0.2) is 37.3 Å². The minimum atomic E-state index is 0.0621. The number of rotatable bonds is 5. The van der Waals surface area contributed by atoms with E-state index in [1.165, 1.54) is 11.1 Å². The summed E-state index contributed by atoms with van der Waals surface area (Å²) >= 11 is 1.71. The summed E-state index contributed by atoms with van der Waals surface area (Å²) < 4.78 is 6.58. The molecule has 1 atom stereocenters. The van der Waals surface area contributed by atoms with Gasteiger partial charge in [0.25, 0.3) is 0 Å². The largest absolute Gasteiger partial charge is 0.383 e. The van der Waals surface area contributed by atoms with Gasteiger partial charge in [-0.2, -0.15) is 0 Å². The maximum absolute atomic E-state index is 5.36. The second-order valence-corrected chi connectivity index (χ2v) is 6.11. The van der Waals surface area contributed by atoms with Crippen molar-refractivity contribution in [3.63, 3.8) is 0 Å². The van der Waals surface area contributed by atoms with E-state index in [2.05, 4.69) is 33.8 Å².